The Kier molecular flexibility index (Phi) is 79.8. The Labute approximate surface area is 842 Å². The Morgan fingerprint density at radius 3 is 1.04 bits per heavy atom. The molecule has 33 heteroatoms. The SMILES string of the molecule is CC(=O)C1CCN(C(C)C)C1.CC(=O)CCCS(C)(=O)=NC(C)C.CC(=O)CN1CCN(C(=O)CN2CCN(C(C)C)CC2)CC1.CC(=O)CN1CCN(C(C)C)CC1.CC(=O)CN1CCN(CCCNC(C)C)CC1.CC(=O)N1CCN(CCCNC(C)C)CC1.CC(C)N=S(C)(C)=O.CC(C)NCCCN1CCN(C)CC1.CCC1CN(CCCNC(C)C)CCO1.CCCCOC(C)C. The third-order valence-corrected chi connectivity index (χ3v) is 27.3. The van der Waals surface area contributed by atoms with Gasteiger partial charge in [0.25, 0.3) is 0 Å². The Balaban J connectivity index is 0. The third kappa shape index (κ3) is 80.4. The summed E-state index contributed by atoms with van der Waals surface area (Å²) in [5.41, 5.74) is 0. The van der Waals surface area contributed by atoms with Crippen LogP contribution in [0.3, 0.4) is 0 Å². The molecule has 0 spiro atoms. The van der Waals surface area contributed by atoms with Gasteiger partial charge >= 0.3 is 0 Å². The molecule has 8 heterocycles. The lowest BCUT2D eigenvalue weighted by Crippen LogP contribution is -2.54. The van der Waals surface area contributed by atoms with E-state index in [1.54, 1.807) is 60.3 Å². The maximum atomic E-state index is 12.4. The van der Waals surface area contributed by atoms with Crippen LogP contribution >= 0.6 is 0 Å². The number of nitrogens with zero attached hydrogens (tertiary/aromatic N) is 16. The van der Waals surface area contributed by atoms with Crippen molar-refractivity contribution in [2.24, 2.45) is 14.6 Å². The van der Waals surface area contributed by atoms with Gasteiger partial charge in [0, 0.05) is 289 Å². The molecule has 0 aliphatic carbocycles. The van der Waals surface area contributed by atoms with E-state index >= 15 is 0 Å². The number of nitrogens with one attached hydrogen (secondary N) is 4. The van der Waals surface area contributed by atoms with Gasteiger partial charge in [0.15, 0.2) is 0 Å². The van der Waals surface area contributed by atoms with E-state index in [9.17, 15) is 42.0 Å². The van der Waals surface area contributed by atoms with Crippen LogP contribution in [-0.2, 0) is 62.5 Å². The normalized spacial score (nSPS) is 19.6. The molecule has 0 aromatic heterocycles. The number of ether oxygens (including phenoxy) is 2. The summed E-state index contributed by atoms with van der Waals surface area (Å²) in [6.45, 7) is 99.1. The van der Waals surface area contributed by atoms with Crippen molar-refractivity contribution in [1.29, 1.82) is 0 Å². The number of carbonyl (C=O) groups is 7. The van der Waals surface area contributed by atoms with E-state index in [1.807, 2.05) is 37.5 Å². The summed E-state index contributed by atoms with van der Waals surface area (Å²) in [6, 6.07) is 4.52. The van der Waals surface area contributed by atoms with Crippen LogP contribution < -0.4 is 21.3 Å². The van der Waals surface area contributed by atoms with Crippen molar-refractivity contribution in [3.63, 3.8) is 0 Å². The highest BCUT2D eigenvalue weighted by Crippen LogP contribution is 2.19. The number of ketones is 5. The van der Waals surface area contributed by atoms with Gasteiger partial charge in [-0.3, -0.25) is 76.4 Å². The highest BCUT2D eigenvalue weighted by molar-refractivity contribution is 7.93. The van der Waals surface area contributed by atoms with Crippen molar-refractivity contribution in [3.05, 3.63) is 0 Å². The molecule has 2 amide bonds. The number of unbranched alkanes of at least 4 members (excludes halogenated alkanes) is 1. The van der Waals surface area contributed by atoms with E-state index in [0.717, 1.165) is 216 Å². The predicted molar refractivity (Wildman–Crippen MR) is 580 cm³/mol. The lowest BCUT2D eigenvalue weighted by molar-refractivity contribution is -0.135. The molecular weight excluding hydrogens is 1770 g/mol. The lowest BCUT2D eigenvalue weighted by Gasteiger charge is -2.38. The van der Waals surface area contributed by atoms with Crippen molar-refractivity contribution in [2.45, 2.75) is 325 Å². The average molecular weight is 1990 g/mol. The molecule has 3 atom stereocenters. The quantitative estimate of drug-likeness (QED) is 0.0413. The van der Waals surface area contributed by atoms with E-state index in [1.165, 1.54) is 84.3 Å². The van der Waals surface area contributed by atoms with Gasteiger partial charge in [0.1, 0.15) is 28.9 Å². The number of hydrogen-bond acceptors (Lipinski definition) is 29. The summed E-state index contributed by atoms with van der Waals surface area (Å²) in [5, 5.41) is 13.8. The lowest BCUT2D eigenvalue weighted by atomic mass is 10.1. The second kappa shape index (κ2) is 80.7. The Morgan fingerprint density at radius 1 is 0.387 bits per heavy atom. The number of amides is 2. The van der Waals surface area contributed by atoms with Crippen LogP contribution in [0.5, 0.6) is 0 Å². The molecule has 0 saturated carbocycles. The van der Waals surface area contributed by atoms with Gasteiger partial charge in [-0.15, -0.1) is 0 Å². The molecule has 8 rings (SSSR count). The molecule has 3 unspecified atom stereocenters. The number of likely N-dealkylation sites (tertiary alicyclic amines) is 1. The number of carbonyl (C=O) groups excluding carboxylic acids is 7. The minimum Gasteiger partial charge on any atom is -0.379 e. The number of hydrogen-bond donors (Lipinski definition) is 4. The van der Waals surface area contributed by atoms with Gasteiger partial charge in [-0.25, -0.2) is 8.73 Å². The molecule has 4 N–H and O–H groups in total. The van der Waals surface area contributed by atoms with Crippen molar-refractivity contribution in [1.82, 2.24) is 89.9 Å². The van der Waals surface area contributed by atoms with E-state index in [2.05, 4.69) is 220 Å². The zero-order valence-corrected chi connectivity index (χ0v) is 96.0. The number of Topliss-reactive ketones (excluding diaryl/α,β-unsaturated/α-hetero) is 5. The van der Waals surface area contributed by atoms with Gasteiger partial charge in [-0.2, -0.15) is 0 Å². The summed E-state index contributed by atoms with van der Waals surface area (Å²) < 4.78 is 41.5. The highest BCUT2D eigenvalue weighted by atomic mass is 32.2. The number of morpholine rings is 1. The standard InChI is InChI=1S/C16H30N4O2.C13H27N3O.C12H25N3O.C12H26N2O.C11H25N3.C10H20N2O.C9H19NO2S.C9H17NO.C7H16O.C5H13NOS/c1-14(2)19-8-4-18(5-9-19)13-16(22)20-10-6-17(7-11-20)12-15(3)21;1-12(2)14-5-4-6-15-7-9-16(10-8-15)11-13(3)17;1-11(2)13-5-4-6-14-7-9-15(10-8-14)12(3)16;1-4-12-10-14(8-9-15-12)7-5-6-13-11(2)3;1-11(2)12-5-4-6-14-9-7-13(3)8-10-14;1-9(2)12-6-4-11(5-7-12)8-10(3)13;1-8(2)10-13(4,12)7-5-6-9(3)11;1-7(2)10-5-4-9(6-10)8(3)11;1-4-5-6-8-7(2)3;1-5(2)6-8(3,4)7/h14H,4-13H2,1-3H3;12,14H,4-11H2,1-3H3;11,13H,4-10H2,1-3H3;11-13H,4-10H2,1-3H3;11-12H,4-10H2,1-3H3;9H,4-8H2,1-3H3;8H,5-7H2,1-4H3;7,9H,4-6H2,1-3H3;7H,4-6H2,1-3H3;5H,1-4H3. The minimum absolute atomic E-state index is 0.106. The van der Waals surface area contributed by atoms with Gasteiger partial charge < -0.3 is 64.9 Å². The topological polar surface area (TPSA) is 290 Å². The molecule has 0 radical (unpaired) electrons. The number of piperazine rings is 6. The Hall–Kier alpha value is -3.53. The fourth-order valence-electron chi connectivity index (χ4n) is 16.4. The zero-order valence-electron chi connectivity index (χ0n) is 94.4. The Bertz CT molecular complexity index is 3300. The minimum atomic E-state index is -2.05. The van der Waals surface area contributed by atoms with Crippen LogP contribution in [0.25, 0.3) is 0 Å². The van der Waals surface area contributed by atoms with Gasteiger partial charge in [-0.1, -0.05) is 75.7 Å². The van der Waals surface area contributed by atoms with E-state index in [0.29, 0.717) is 111 Å². The summed E-state index contributed by atoms with van der Waals surface area (Å²) in [5.74, 6) is 2.55. The molecule has 8 aliphatic rings. The van der Waals surface area contributed by atoms with Crippen LogP contribution in [0.4, 0.5) is 0 Å². The second-order valence-electron chi connectivity index (χ2n) is 42.2. The summed E-state index contributed by atoms with van der Waals surface area (Å²) in [6.07, 6.45) is 16.6. The summed E-state index contributed by atoms with van der Waals surface area (Å²) in [7, 11) is -1.70. The van der Waals surface area contributed by atoms with E-state index in [4.69, 9.17) is 9.47 Å². The maximum Gasteiger partial charge on any atom is 0.236 e. The molecular formula is C104H218N20O11S2. The zero-order chi connectivity index (χ0) is 104. The van der Waals surface area contributed by atoms with Crippen molar-refractivity contribution in [3.8, 4) is 0 Å². The summed E-state index contributed by atoms with van der Waals surface area (Å²) in [4.78, 5) is 111. The fraction of sp³-hybridized carbons (Fsp3) is 0.933. The van der Waals surface area contributed by atoms with Crippen LogP contribution in [0.15, 0.2) is 8.73 Å². The van der Waals surface area contributed by atoms with E-state index in [-0.39, 0.29) is 47.0 Å². The van der Waals surface area contributed by atoms with Gasteiger partial charge in [0.2, 0.25) is 11.8 Å². The molecule has 812 valence electrons. The van der Waals surface area contributed by atoms with E-state index < -0.39 is 19.5 Å². The van der Waals surface area contributed by atoms with Crippen LogP contribution in [-0.4, -0.2) is 491 Å². The molecule has 31 nitrogen and oxygen atoms in total. The number of likely N-dealkylation sites (N-methyl/N-ethyl adjacent to an activating group) is 1. The fourth-order valence-corrected chi connectivity index (χ4v) is 19.1. The van der Waals surface area contributed by atoms with Crippen molar-refractivity contribution >= 4 is 60.2 Å². The first-order valence-electron chi connectivity index (χ1n) is 53.5. The maximum absolute atomic E-state index is 12.4. The first kappa shape index (κ1) is 136. The third-order valence-electron chi connectivity index (χ3n) is 24.5. The van der Waals surface area contributed by atoms with Crippen LogP contribution in [0.2, 0.25) is 0 Å². The average Bonchev–Trinajstić information content (AvgIpc) is 1.71. The van der Waals surface area contributed by atoms with Crippen molar-refractivity contribution < 1.29 is 51.5 Å². The molecule has 0 aromatic rings. The van der Waals surface area contributed by atoms with Gasteiger partial charge in [-0.05, 0) is 235 Å². The molecule has 0 aromatic carbocycles. The first-order valence-corrected chi connectivity index (χ1v) is 57.9. The smallest absolute Gasteiger partial charge is 0.236 e. The molecule has 8 fully saturated rings. The molecule has 8 saturated heterocycles. The monoisotopic (exact) mass is 1990 g/mol. The summed E-state index contributed by atoms with van der Waals surface area (Å²) >= 11 is 0. The highest BCUT2D eigenvalue weighted by Gasteiger charge is 2.30. The van der Waals surface area contributed by atoms with Crippen LogP contribution in [0, 0.1) is 5.92 Å². The Morgan fingerprint density at radius 2 is 0.737 bits per heavy atom. The number of rotatable bonds is 43. The largest absolute Gasteiger partial charge is 0.379 e. The molecule has 0 bridgehead atoms. The predicted octanol–water partition coefficient (Wildman–Crippen LogP) is 10.1. The molecule has 137 heavy (non-hydrogen) atoms. The first-order chi connectivity index (χ1) is 64.2. The van der Waals surface area contributed by atoms with Crippen LogP contribution in [0.1, 0.15) is 258 Å². The van der Waals surface area contributed by atoms with Gasteiger partial charge in [0.05, 0.1) is 57.1 Å². The van der Waals surface area contributed by atoms with Crippen molar-refractivity contribution in [2.75, 3.05) is 307 Å². The second-order valence-corrected chi connectivity index (χ2v) is 47.4. The molecule has 8 aliphatic heterocycles.